The number of amides is 1. The lowest BCUT2D eigenvalue weighted by molar-refractivity contribution is -0.123. The molecule has 116 valence electrons. The monoisotopic (exact) mass is 283 g/mol. The van der Waals surface area contributed by atoms with Crippen LogP contribution in [0.3, 0.4) is 0 Å². The first-order valence-electron chi connectivity index (χ1n) is 8.13. The molecule has 1 saturated heterocycles. The molecule has 5 heteroatoms. The fourth-order valence-electron chi connectivity index (χ4n) is 3.21. The minimum atomic E-state index is 0.188. The Labute approximate surface area is 122 Å². The van der Waals surface area contributed by atoms with Crippen molar-refractivity contribution in [2.45, 2.75) is 44.6 Å². The Hall–Kier alpha value is -0.650. The zero-order chi connectivity index (χ0) is 14.2. The largest absolute Gasteiger partial charge is 0.395 e. The molecule has 0 aromatic rings. The van der Waals surface area contributed by atoms with E-state index in [1.54, 1.807) is 0 Å². The lowest BCUT2D eigenvalue weighted by Gasteiger charge is -2.34. The Morgan fingerprint density at radius 2 is 1.60 bits per heavy atom. The van der Waals surface area contributed by atoms with E-state index in [9.17, 15) is 4.79 Å². The molecule has 0 aromatic heterocycles. The van der Waals surface area contributed by atoms with Crippen molar-refractivity contribution in [2.24, 2.45) is 0 Å². The number of carbonyl (C=O) groups excluding carboxylic acids is 1. The quantitative estimate of drug-likeness (QED) is 0.719. The first-order valence-corrected chi connectivity index (χ1v) is 8.13. The van der Waals surface area contributed by atoms with Crippen LogP contribution < -0.4 is 5.32 Å². The second-order valence-corrected chi connectivity index (χ2v) is 6.10. The first-order chi connectivity index (χ1) is 9.78. The van der Waals surface area contributed by atoms with E-state index in [1.807, 2.05) is 0 Å². The number of rotatable bonds is 5. The van der Waals surface area contributed by atoms with Crippen LogP contribution in [0.25, 0.3) is 0 Å². The van der Waals surface area contributed by atoms with Gasteiger partial charge in [-0.15, -0.1) is 0 Å². The Kier molecular flexibility index (Phi) is 6.76. The summed E-state index contributed by atoms with van der Waals surface area (Å²) in [6.07, 6.45) is 7.44. The highest BCUT2D eigenvalue weighted by Crippen LogP contribution is 2.17. The first kappa shape index (κ1) is 15.7. The van der Waals surface area contributed by atoms with E-state index in [-0.39, 0.29) is 12.5 Å². The highest BCUT2D eigenvalue weighted by atomic mass is 16.3. The second-order valence-electron chi connectivity index (χ2n) is 6.10. The average Bonchev–Trinajstić information content (AvgIpc) is 2.70. The van der Waals surface area contributed by atoms with E-state index in [1.165, 1.54) is 25.7 Å². The molecule has 0 bridgehead atoms. The Bertz CT molecular complexity index is 283. The standard InChI is InChI=1S/C15H29N3O2/c19-12-11-17-7-9-18(10-8-17)13-15(20)16-14-5-3-1-2-4-6-14/h14,19H,1-13H2,(H,16,20). The van der Waals surface area contributed by atoms with Gasteiger partial charge in [-0.05, 0) is 12.8 Å². The number of hydrogen-bond donors (Lipinski definition) is 2. The van der Waals surface area contributed by atoms with E-state index in [2.05, 4.69) is 15.1 Å². The highest BCUT2D eigenvalue weighted by molar-refractivity contribution is 5.78. The molecule has 1 aliphatic heterocycles. The van der Waals surface area contributed by atoms with Gasteiger partial charge in [0.1, 0.15) is 0 Å². The molecule has 2 N–H and O–H groups in total. The van der Waals surface area contributed by atoms with Gasteiger partial charge in [0, 0.05) is 38.8 Å². The van der Waals surface area contributed by atoms with Gasteiger partial charge in [0.2, 0.25) is 5.91 Å². The average molecular weight is 283 g/mol. The van der Waals surface area contributed by atoms with Gasteiger partial charge in [0.25, 0.3) is 0 Å². The zero-order valence-electron chi connectivity index (χ0n) is 12.5. The van der Waals surface area contributed by atoms with Gasteiger partial charge in [0.05, 0.1) is 13.2 Å². The predicted molar refractivity (Wildman–Crippen MR) is 79.6 cm³/mol. The summed E-state index contributed by atoms with van der Waals surface area (Å²) in [5.41, 5.74) is 0. The maximum atomic E-state index is 12.1. The third-order valence-corrected chi connectivity index (χ3v) is 4.47. The summed E-state index contributed by atoms with van der Waals surface area (Å²) in [4.78, 5) is 16.6. The Balaban J connectivity index is 1.64. The maximum Gasteiger partial charge on any atom is 0.234 e. The number of carbonyl (C=O) groups is 1. The SMILES string of the molecule is O=C(CN1CCN(CCO)CC1)NC1CCCCCC1. The number of nitrogens with one attached hydrogen (secondary N) is 1. The van der Waals surface area contributed by atoms with Crippen LogP contribution in [0.4, 0.5) is 0 Å². The van der Waals surface area contributed by atoms with Gasteiger partial charge in [0.15, 0.2) is 0 Å². The molecule has 2 fully saturated rings. The number of piperazine rings is 1. The molecular formula is C15H29N3O2. The lowest BCUT2D eigenvalue weighted by atomic mass is 10.1. The number of β-amino-alcohol motifs (C(OH)–C–C–N with tert-alkyl or cyclic N) is 1. The number of nitrogens with zero attached hydrogens (tertiary/aromatic N) is 2. The highest BCUT2D eigenvalue weighted by Gasteiger charge is 2.20. The van der Waals surface area contributed by atoms with Crippen LogP contribution >= 0.6 is 0 Å². The van der Waals surface area contributed by atoms with Crippen molar-refractivity contribution in [1.29, 1.82) is 0 Å². The van der Waals surface area contributed by atoms with Crippen LogP contribution in [0, 0.1) is 0 Å². The van der Waals surface area contributed by atoms with Gasteiger partial charge in [-0.3, -0.25) is 14.6 Å². The molecule has 0 spiro atoms. The van der Waals surface area contributed by atoms with Crippen LogP contribution in [0.5, 0.6) is 0 Å². The normalized spacial score (nSPS) is 23.4. The molecule has 1 aliphatic carbocycles. The fourth-order valence-corrected chi connectivity index (χ4v) is 3.21. The van der Waals surface area contributed by atoms with Gasteiger partial charge < -0.3 is 10.4 Å². The molecule has 0 radical (unpaired) electrons. The zero-order valence-corrected chi connectivity index (χ0v) is 12.5. The van der Waals surface area contributed by atoms with Crippen molar-refractivity contribution >= 4 is 5.91 Å². The summed E-state index contributed by atoms with van der Waals surface area (Å²) >= 11 is 0. The van der Waals surface area contributed by atoms with Crippen LogP contribution in [0.15, 0.2) is 0 Å². The fraction of sp³-hybridized carbons (Fsp3) is 0.933. The maximum absolute atomic E-state index is 12.1. The molecule has 2 aliphatic rings. The van der Waals surface area contributed by atoms with Crippen molar-refractivity contribution in [2.75, 3.05) is 45.9 Å². The molecule has 0 atom stereocenters. The molecule has 20 heavy (non-hydrogen) atoms. The summed E-state index contributed by atoms with van der Waals surface area (Å²) in [5.74, 6) is 0.188. The minimum Gasteiger partial charge on any atom is -0.395 e. The minimum absolute atomic E-state index is 0.188. The van der Waals surface area contributed by atoms with Crippen molar-refractivity contribution in [1.82, 2.24) is 15.1 Å². The van der Waals surface area contributed by atoms with Crippen molar-refractivity contribution in [3.8, 4) is 0 Å². The summed E-state index contributed by atoms with van der Waals surface area (Å²) < 4.78 is 0. The molecule has 1 heterocycles. The number of aliphatic hydroxyl groups excluding tert-OH is 1. The van der Waals surface area contributed by atoms with E-state index in [0.717, 1.165) is 45.6 Å². The van der Waals surface area contributed by atoms with E-state index >= 15 is 0 Å². The van der Waals surface area contributed by atoms with Crippen molar-refractivity contribution < 1.29 is 9.90 Å². The molecule has 1 saturated carbocycles. The number of aliphatic hydroxyl groups is 1. The van der Waals surface area contributed by atoms with E-state index in [0.29, 0.717) is 12.6 Å². The molecule has 0 aromatic carbocycles. The van der Waals surface area contributed by atoms with Crippen LogP contribution in [-0.4, -0.2) is 72.7 Å². The van der Waals surface area contributed by atoms with Crippen LogP contribution in [0.1, 0.15) is 38.5 Å². The third-order valence-electron chi connectivity index (χ3n) is 4.47. The van der Waals surface area contributed by atoms with E-state index < -0.39 is 0 Å². The lowest BCUT2D eigenvalue weighted by Crippen LogP contribution is -2.50. The molecule has 2 rings (SSSR count). The van der Waals surface area contributed by atoms with Crippen molar-refractivity contribution in [3.63, 3.8) is 0 Å². The molecule has 1 amide bonds. The van der Waals surface area contributed by atoms with Gasteiger partial charge >= 0.3 is 0 Å². The Morgan fingerprint density at radius 1 is 1.00 bits per heavy atom. The van der Waals surface area contributed by atoms with Gasteiger partial charge in [-0.1, -0.05) is 25.7 Å². The van der Waals surface area contributed by atoms with Crippen molar-refractivity contribution in [3.05, 3.63) is 0 Å². The predicted octanol–water partition coefficient (Wildman–Crippen LogP) is 0.435. The smallest absolute Gasteiger partial charge is 0.234 e. The summed E-state index contributed by atoms with van der Waals surface area (Å²) in [6.45, 7) is 5.28. The summed E-state index contributed by atoms with van der Waals surface area (Å²) in [5, 5.41) is 12.1. The van der Waals surface area contributed by atoms with Crippen LogP contribution in [-0.2, 0) is 4.79 Å². The van der Waals surface area contributed by atoms with Gasteiger partial charge in [-0.2, -0.15) is 0 Å². The topological polar surface area (TPSA) is 55.8 Å². The van der Waals surface area contributed by atoms with E-state index in [4.69, 9.17) is 5.11 Å². The molecular weight excluding hydrogens is 254 g/mol. The van der Waals surface area contributed by atoms with Crippen LogP contribution in [0.2, 0.25) is 0 Å². The summed E-state index contributed by atoms with van der Waals surface area (Å²) in [7, 11) is 0. The summed E-state index contributed by atoms with van der Waals surface area (Å²) in [6, 6.07) is 0.403. The molecule has 0 unspecified atom stereocenters. The molecule has 5 nitrogen and oxygen atoms in total. The van der Waals surface area contributed by atoms with Gasteiger partial charge in [-0.25, -0.2) is 0 Å². The second kappa shape index (κ2) is 8.60. The number of hydrogen-bond acceptors (Lipinski definition) is 4. The Morgan fingerprint density at radius 3 is 2.20 bits per heavy atom. The third kappa shape index (κ3) is 5.38.